The highest BCUT2D eigenvalue weighted by atomic mass is 16.5. The number of methoxy groups -OCH3 is 1. The number of rotatable bonds is 7. The average molecular weight is 426 g/mol. The van der Waals surface area contributed by atoms with Crippen molar-refractivity contribution in [1.29, 1.82) is 0 Å². The van der Waals surface area contributed by atoms with E-state index in [2.05, 4.69) is 12.1 Å². The van der Waals surface area contributed by atoms with Crippen LogP contribution in [0.2, 0.25) is 0 Å². The minimum Gasteiger partial charge on any atom is -0.469 e. The molecule has 0 saturated carbocycles. The number of fused-ring (bicyclic) bond motifs is 1. The van der Waals surface area contributed by atoms with E-state index in [1.165, 1.54) is 12.7 Å². The van der Waals surface area contributed by atoms with Crippen molar-refractivity contribution in [3.8, 4) is 0 Å². The lowest BCUT2D eigenvalue weighted by Gasteiger charge is -2.30. The maximum absolute atomic E-state index is 13.2. The Bertz CT molecular complexity index is 1130. The number of carbonyl (C=O) groups is 2. The van der Waals surface area contributed by atoms with Gasteiger partial charge in [0.1, 0.15) is 0 Å². The van der Waals surface area contributed by atoms with Gasteiger partial charge >= 0.3 is 5.97 Å². The Hall–Kier alpha value is -3.53. The van der Waals surface area contributed by atoms with Crippen molar-refractivity contribution < 1.29 is 14.3 Å². The molecule has 0 saturated heterocycles. The molecule has 0 fully saturated rings. The Morgan fingerprint density at radius 1 is 0.938 bits per heavy atom. The second-order valence-electron chi connectivity index (χ2n) is 8.19. The molecule has 1 aliphatic rings. The Morgan fingerprint density at radius 2 is 1.62 bits per heavy atom. The fourth-order valence-electron chi connectivity index (χ4n) is 4.42. The van der Waals surface area contributed by atoms with E-state index in [1.807, 2.05) is 73.7 Å². The van der Waals surface area contributed by atoms with Gasteiger partial charge in [0.2, 0.25) is 0 Å². The first kappa shape index (κ1) is 21.7. The van der Waals surface area contributed by atoms with Crippen LogP contribution in [0.5, 0.6) is 0 Å². The summed E-state index contributed by atoms with van der Waals surface area (Å²) in [5.41, 5.74) is 5.75. The Kier molecular flexibility index (Phi) is 6.60. The van der Waals surface area contributed by atoms with Gasteiger partial charge in [0, 0.05) is 24.4 Å². The van der Waals surface area contributed by atoms with Crippen LogP contribution in [0.25, 0.3) is 0 Å². The predicted octanol–water partition coefficient (Wildman–Crippen LogP) is 5.19. The number of ketones is 1. The summed E-state index contributed by atoms with van der Waals surface area (Å²) in [5.74, 6) is -1.53. The third kappa shape index (κ3) is 4.54. The maximum atomic E-state index is 13.2. The van der Waals surface area contributed by atoms with Crippen LogP contribution in [0.1, 0.15) is 45.0 Å². The fraction of sp³-hybridized carbons (Fsp3) is 0.250. The summed E-state index contributed by atoms with van der Waals surface area (Å²) in [7, 11) is 1.38. The molecular weight excluding hydrogens is 398 g/mol. The quantitative estimate of drug-likeness (QED) is 0.387. The molecule has 0 aliphatic carbocycles. The number of hydrogen-bond acceptors (Lipinski definition) is 4. The van der Waals surface area contributed by atoms with Crippen LogP contribution in [0.3, 0.4) is 0 Å². The fourth-order valence-corrected chi connectivity index (χ4v) is 4.42. The molecular formula is C28H27NO3. The van der Waals surface area contributed by atoms with Gasteiger partial charge in [-0.15, -0.1) is 0 Å². The third-order valence-electron chi connectivity index (χ3n) is 6.10. The van der Waals surface area contributed by atoms with Gasteiger partial charge in [0.25, 0.3) is 0 Å². The first-order valence-electron chi connectivity index (χ1n) is 10.9. The van der Waals surface area contributed by atoms with Crippen LogP contribution in [0, 0.1) is 12.8 Å². The summed E-state index contributed by atoms with van der Waals surface area (Å²) < 4.78 is 5.20. The van der Waals surface area contributed by atoms with Crippen LogP contribution in [-0.4, -0.2) is 31.1 Å². The Labute approximate surface area is 189 Å². The van der Waals surface area contributed by atoms with Gasteiger partial charge in [0.15, 0.2) is 5.78 Å². The number of aliphatic imine (C=N–C) groups is 1. The number of benzene rings is 3. The van der Waals surface area contributed by atoms with Crippen molar-refractivity contribution in [3.63, 3.8) is 0 Å². The predicted molar refractivity (Wildman–Crippen MR) is 126 cm³/mol. The van der Waals surface area contributed by atoms with Crippen LogP contribution in [0.15, 0.2) is 83.9 Å². The van der Waals surface area contributed by atoms with Gasteiger partial charge in [-0.2, -0.15) is 0 Å². The van der Waals surface area contributed by atoms with Gasteiger partial charge in [0.05, 0.1) is 18.7 Å². The number of hydrogen-bond donors (Lipinski definition) is 0. The molecule has 162 valence electrons. The van der Waals surface area contributed by atoms with E-state index in [4.69, 9.17) is 9.73 Å². The van der Waals surface area contributed by atoms with E-state index in [9.17, 15) is 9.59 Å². The lowest BCUT2D eigenvalue weighted by molar-refractivity contribution is -0.145. The van der Waals surface area contributed by atoms with Crippen molar-refractivity contribution in [1.82, 2.24) is 0 Å². The normalized spacial score (nSPS) is 14.6. The number of Topliss-reactive ketones (excluding diaryl/α,β-unsaturated/α-hetero) is 1. The van der Waals surface area contributed by atoms with Crippen molar-refractivity contribution in [2.75, 3.05) is 13.7 Å². The molecule has 4 rings (SSSR count). The summed E-state index contributed by atoms with van der Waals surface area (Å²) in [6.07, 6.45) is 0.919. The summed E-state index contributed by atoms with van der Waals surface area (Å²) in [6, 6.07) is 25.5. The van der Waals surface area contributed by atoms with Crippen molar-refractivity contribution in [2.24, 2.45) is 10.9 Å². The zero-order valence-electron chi connectivity index (χ0n) is 18.5. The largest absolute Gasteiger partial charge is 0.469 e. The molecule has 0 bridgehead atoms. The molecule has 0 aromatic heterocycles. The molecule has 32 heavy (non-hydrogen) atoms. The second-order valence-corrected chi connectivity index (χ2v) is 8.19. The van der Waals surface area contributed by atoms with Gasteiger partial charge in [-0.3, -0.25) is 14.6 Å². The maximum Gasteiger partial charge on any atom is 0.310 e. The third-order valence-corrected chi connectivity index (χ3v) is 6.10. The van der Waals surface area contributed by atoms with Gasteiger partial charge in [-0.05, 0) is 30.0 Å². The van der Waals surface area contributed by atoms with Crippen LogP contribution >= 0.6 is 0 Å². The highest BCUT2D eigenvalue weighted by molar-refractivity contribution is 6.09. The van der Waals surface area contributed by atoms with Crippen molar-refractivity contribution >= 4 is 17.5 Å². The molecule has 4 nitrogen and oxygen atoms in total. The van der Waals surface area contributed by atoms with E-state index in [-0.39, 0.29) is 18.1 Å². The van der Waals surface area contributed by atoms with Crippen LogP contribution in [0.4, 0.5) is 0 Å². The Balaban J connectivity index is 1.78. The molecule has 1 aliphatic heterocycles. The highest BCUT2D eigenvalue weighted by Gasteiger charge is 2.37. The van der Waals surface area contributed by atoms with Gasteiger partial charge in [-0.1, -0.05) is 84.4 Å². The molecule has 1 heterocycles. The second kappa shape index (κ2) is 9.73. The van der Waals surface area contributed by atoms with Crippen molar-refractivity contribution in [2.45, 2.75) is 25.7 Å². The summed E-state index contributed by atoms with van der Waals surface area (Å²) in [6.45, 7) is 2.64. The molecule has 2 atom stereocenters. The Morgan fingerprint density at radius 3 is 2.34 bits per heavy atom. The molecule has 0 N–H and O–H groups in total. The van der Waals surface area contributed by atoms with E-state index in [0.29, 0.717) is 12.1 Å². The number of ether oxygens (including phenoxy) is 1. The lowest BCUT2D eigenvalue weighted by atomic mass is 9.75. The molecule has 0 radical (unpaired) electrons. The number of aryl methyl sites for hydroxylation is 1. The van der Waals surface area contributed by atoms with Crippen LogP contribution < -0.4 is 0 Å². The monoisotopic (exact) mass is 425 g/mol. The minimum atomic E-state index is -0.680. The van der Waals surface area contributed by atoms with E-state index < -0.39 is 11.9 Å². The van der Waals surface area contributed by atoms with E-state index >= 15 is 0 Å². The smallest absolute Gasteiger partial charge is 0.310 e. The SMILES string of the molecule is COC(=O)C(CC(=O)c1ccc(C)cc1)C(C1=NCCc2ccccc21)c1ccccc1. The molecule has 3 aromatic carbocycles. The standard InChI is InChI=1S/C28H27NO3/c1-19-12-14-21(15-13-19)25(30)18-24(28(31)32-2)26(22-9-4-3-5-10-22)27-23-11-7-6-8-20(23)16-17-29-27/h3-15,24,26H,16-18H2,1-2H3. The zero-order chi connectivity index (χ0) is 22.5. The lowest BCUT2D eigenvalue weighted by Crippen LogP contribution is -2.33. The zero-order valence-corrected chi connectivity index (χ0v) is 18.5. The number of carbonyl (C=O) groups excluding carboxylic acids is 2. The first-order chi connectivity index (χ1) is 15.6. The van der Waals surface area contributed by atoms with E-state index in [0.717, 1.165) is 28.8 Å². The number of esters is 1. The summed E-state index contributed by atoms with van der Waals surface area (Å²) >= 11 is 0. The number of nitrogens with zero attached hydrogens (tertiary/aromatic N) is 1. The average Bonchev–Trinajstić information content (AvgIpc) is 2.84. The minimum absolute atomic E-state index is 0.0521. The molecule has 2 unspecified atom stereocenters. The topological polar surface area (TPSA) is 55.7 Å². The summed E-state index contributed by atoms with van der Waals surface area (Å²) in [4.78, 5) is 31.2. The summed E-state index contributed by atoms with van der Waals surface area (Å²) in [5, 5.41) is 0. The van der Waals surface area contributed by atoms with Gasteiger partial charge < -0.3 is 4.74 Å². The van der Waals surface area contributed by atoms with Crippen LogP contribution in [-0.2, 0) is 16.0 Å². The molecule has 0 amide bonds. The molecule has 4 heteroatoms. The van der Waals surface area contributed by atoms with E-state index in [1.54, 1.807) is 0 Å². The van der Waals surface area contributed by atoms with Crippen molar-refractivity contribution in [3.05, 3.63) is 107 Å². The highest BCUT2D eigenvalue weighted by Crippen LogP contribution is 2.35. The molecule has 0 spiro atoms. The molecule has 3 aromatic rings. The first-order valence-corrected chi connectivity index (χ1v) is 10.9. The van der Waals surface area contributed by atoms with Gasteiger partial charge in [-0.25, -0.2) is 0 Å².